The summed E-state index contributed by atoms with van der Waals surface area (Å²) in [6.45, 7) is 27.6. The molecule has 0 atom stereocenters. The maximum Gasteiger partial charge on any atom is 0.425 e. The van der Waals surface area contributed by atoms with Gasteiger partial charge in [-0.1, -0.05) is 132 Å². The number of hydrogen-bond donors (Lipinski definition) is 10. The largest absolute Gasteiger partial charge is 0.478 e. The maximum atomic E-state index is 12.3. The number of sulfone groups is 1. The van der Waals surface area contributed by atoms with Gasteiger partial charge >= 0.3 is 28.5 Å². The molecule has 0 saturated heterocycles. The fourth-order valence-electron chi connectivity index (χ4n) is 9.89. The minimum absolute atomic E-state index is 0.000103. The quantitative estimate of drug-likeness (QED) is 0.0118. The van der Waals surface area contributed by atoms with Gasteiger partial charge in [-0.05, 0) is 138 Å². The summed E-state index contributed by atoms with van der Waals surface area (Å²) in [6, 6.07) is 27.4. The van der Waals surface area contributed by atoms with Crippen LogP contribution in [-0.2, 0) is 64.5 Å². The van der Waals surface area contributed by atoms with E-state index in [2.05, 4.69) is 0 Å². The van der Waals surface area contributed by atoms with Crippen LogP contribution >= 0.6 is 0 Å². The summed E-state index contributed by atoms with van der Waals surface area (Å²) in [4.78, 5) is 115. The normalized spacial score (nSPS) is 10.6. The van der Waals surface area contributed by atoms with Gasteiger partial charge in [0.05, 0.1) is 27.3 Å². The van der Waals surface area contributed by atoms with E-state index in [1.165, 1.54) is 48.5 Å². The van der Waals surface area contributed by atoms with E-state index >= 15 is 0 Å². The zero-order chi connectivity index (χ0) is 80.9. The van der Waals surface area contributed by atoms with Crippen molar-refractivity contribution < 1.29 is 89.0 Å². The van der Waals surface area contributed by atoms with Crippen LogP contribution in [0.25, 0.3) is 0 Å². The summed E-state index contributed by atoms with van der Waals surface area (Å²) in [5, 5.41) is 26.8. The number of aromatic carboxylic acids is 3. The second-order valence-corrected chi connectivity index (χ2v) is 28.1. The minimum atomic E-state index is -3.34. The molecule has 0 heterocycles. The van der Waals surface area contributed by atoms with Crippen LogP contribution in [-0.4, -0.2) is 108 Å². The van der Waals surface area contributed by atoms with Crippen molar-refractivity contribution in [3.05, 3.63) is 198 Å². The van der Waals surface area contributed by atoms with Crippen molar-refractivity contribution in [2.75, 3.05) is 12.3 Å². The van der Waals surface area contributed by atoms with Gasteiger partial charge in [-0.25, -0.2) is 22.8 Å². The highest BCUT2D eigenvalue weighted by atomic mass is 32.2. The summed E-state index contributed by atoms with van der Waals surface area (Å²) >= 11 is 0. The predicted molar refractivity (Wildman–Crippen MR) is 403 cm³/mol. The smallest absolute Gasteiger partial charge is 0.425 e. The van der Waals surface area contributed by atoms with E-state index in [-0.39, 0.29) is 130 Å². The van der Waals surface area contributed by atoms with Gasteiger partial charge < -0.3 is 60.2 Å². The predicted octanol–water partition coefficient (Wildman–Crippen LogP) is 10.0. The number of Topliss-reactive ketones (excluding diaryl/α,β-unsaturated/α-hetero) is 6. The molecule has 0 fully saturated rings. The van der Waals surface area contributed by atoms with Crippen molar-refractivity contribution >= 4 is 79.5 Å². The van der Waals surface area contributed by atoms with E-state index in [9.17, 15) is 56.4 Å². The lowest BCUT2D eigenvalue weighted by atomic mass is 9.91. The number of benzene rings is 6. The molecule has 0 unspecified atom stereocenters. The number of ketones is 6. The third-order valence-corrected chi connectivity index (χ3v) is 17.5. The van der Waals surface area contributed by atoms with Crippen LogP contribution in [0.3, 0.4) is 0 Å². The third-order valence-electron chi connectivity index (χ3n) is 15.7. The molecule has 0 aliphatic heterocycles. The number of ether oxygens (including phenoxy) is 1. The Hall–Kier alpha value is -9.49. The van der Waals surface area contributed by atoms with E-state index in [1.807, 2.05) is 93.5 Å². The highest BCUT2D eigenvalue weighted by molar-refractivity contribution is 7.91. The molecule has 28 heteroatoms. The van der Waals surface area contributed by atoms with Gasteiger partial charge in [0.15, 0.2) is 44.5 Å². The molecule has 6 aromatic carbocycles. The number of aryl methyl sites for hydroxylation is 1. The molecule has 0 aliphatic carbocycles. The van der Waals surface area contributed by atoms with Gasteiger partial charge in [-0.3, -0.25) is 33.6 Å². The van der Waals surface area contributed by atoms with Gasteiger partial charge in [0.1, 0.15) is 5.75 Å². The average Bonchev–Trinajstić information content (AvgIpc) is 0.806. The van der Waals surface area contributed by atoms with Gasteiger partial charge in [0.25, 0.3) is 6.47 Å². The van der Waals surface area contributed by atoms with Gasteiger partial charge in [-0.2, -0.15) is 0 Å². The lowest BCUT2D eigenvalue weighted by molar-refractivity contribution is -0.120. The molecular weight excluding hydrogens is 1390 g/mol. The van der Waals surface area contributed by atoms with Crippen molar-refractivity contribution in [1.82, 2.24) is 0 Å². The lowest BCUT2D eigenvalue weighted by Gasteiger charge is -2.14. The van der Waals surface area contributed by atoms with Crippen molar-refractivity contribution in [3.63, 3.8) is 0 Å². The summed E-state index contributed by atoms with van der Waals surface area (Å²) in [7, 11) is -6.45. The molecule has 0 spiro atoms. The number of nitrogens with two attached hydrogens (primary N) is 7. The average molecular weight is 1500 g/mol. The number of hydrogen-bond acceptors (Lipinski definition) is 23. The van der Waals surface area contributed by atoms with E-state index in [0.29, 0.717) is 92.9 Å². The van der Waals surface area contributed by atoms with Crippen LogP contribution in [0.5, 0.6) is 5.75 Å². The molecule has 0 aromatic heterocycles. The topological polar surface area (TPSA) is 508 Å². The highest BCUT2D eigenvalue weighted by Crippen LogP contribution is 2.26. The Morgan fingerprint density at radius 1 is 0.419 bits per heavy atom. The van der Waals surface area contributed by atoms with Crippen LogP contribution in [0.1, 0.15) is 240 Å². The second kappa shape index (κ2) is 47.8. The Balaban J connectivity index is 0.00000123. The van der Waals surface area contributed by atoms with Crippen LogP contribution in [0, 0.1) is 49.4 Å². The number of carboxylic acids is 3. The number of rotatable bonds is 29. The van der Waals surface area contributed by atoms with Crippen molar-refractivity contribution in [2.45, 2.75) is 160 Å². The first-order chi connectivity index (χ1) is 49.1. The van der Waals surface area contributed by atoms with E-state index < -0.39 is 38.4 Å². The van der Waals surface area contributed by atoms with Crippen molar-refractivity contribution in [1.29, 1.82) is 0 Å². The Kier molecular flexibility index (Phi) is 43.5. The molecule has 6 rings (SSSR count). The van der Waals surface area contributed by atoms with E-state index in [4.69, 9.17) is 72.8 Å². The fourth-order valence-corrected chi connectivity index (χ4v) is 11.3. The Labute approximate surface area is 617 Å². The monoisotopic (exact) mass is 1500 g/mol. The number of carboxylic acid groups (broad SMARTS) is 3. The fraction of sp³-hybridized carbons (Fsp3) is 0.403. The van der Waals surface area contributed by atoms with E-state index in [0.717, 1.165) is 29.5 Å². The zero-order valence-electron chi connectivity index (χ0n) is 62.4. The molecule has 0 aliphatic rings. The number of carbonyl (C=O) groups excluding carboxylic acids is 7. The Bertz CT molecular complexity index is 4220. The first kappa shape index (κ1) is 95.5. The molecule has 17 N–H and O–H groups in total. The molecule has 105 heavy (non-hydrogen) atoms. The van der Waals surface area contributed by atoms with E-state index in [1.54, 1.807) is 58.0 Å². The van der Waals surface area contributed by atoms with Crippen LogP contribution < -0.4 is 44.9 Å². The molecule has 26 nitrogen and oxygen atoms in total. The molecule has 0 saturated carbocycles. The SMILES string of the molecule is CC(C)C(=O)c1cc(OC=O)ccc1CN.CC(C)C(=O)c1ccc(C(=O)O)cc1CN.CC(C)C(=O)c1ccc(S(=O)(=O)CCCCCN)cc1CN.CC(C)C(=O)c1ccccc1CN.Cc1c(C(=O)O)ccc(C(=O)C(C)C)c1CN.Cc1cc(C(=O)O)cc(CN)c1C(=O)C(C)C.O=S(=O)=O. The lowest BCUT2D eigenvalue weighted by Crippen LogP contribution is -2.16. The van der Waals surface area contributed by atoms with Crippen molar-refractivity contribution in [3.8, 4) is 5.75 Å². The molecule has 0 amide bonds. The molecule has 574 valence electrons. The summed E-state index contributed by atoms with van der Waals surface area (Å²) < 4.78 is 54.7. The standard InChI is InChI=1S/C16H26N2O3S.2C13H17NO3.2C12H15NO3.C11H15NO.O3S/c1-12(2)16(19)15-7-6-14(10-13(15)11-18)22(20,21)9-5-3-4-8-17;1-7(2)12(15)11-8(3)4-9(13(16)17)5-10(11)6-14;1-7(2)12(15)10-5-4-9(13(16)17)8(3)11(10)6-14;1-8(2)12(15)11-5-10(16-7-14)4-3-9(11)6-13;1-7(2)11(14)10-4-3-8(12(15)16)5-9(10)6-13;1-8(2)11(13)10-6-4-3-5-9(10)7-12;1-4(2)3/h6-7,10,12H,3-5,8-9,11,17-18H2,1-2H3;2*4-5,7H,6,14H2,1-3H3,(H,16,17);3-5,7-8H,6,13H2,1-2H3;3-5,7H,6,13H2,1-2H3,(H,15,16);3-6,8H,7,12H2,1-2H3;. The van der Waals surface area contributed by atoms with Gasteiger partial charge in [-0.15, -0.1) is 12.6 Å². The summed E-state index contributed by atoms with van der Waals surface area (Å²) in [6.07, 6.45) is 2.21. The third kappa shape index (κ3) is 31.0. The number of unbranched alkanes of at least 4 members (excludes halogenated alkanes) is 2. The minimum Gasteiger partial charge on any atom is -0.478 e. The Morgan fingerprint density at radius 2 is 0.819 bits per heavy atom. The molecular formula is C77H105N7O19S2. The summed E-state index contributed by atoms with van der Waals surface area (Å²) in [5.41, 5.74) is 48.1. The first-order valence-corrected chi connectivity index (χ1v) is 36.4. The summed E-state index contributed by atoms with van der Waals surface area (Å²) in [5.74, 6) is -3.07. The maximum absolute atomic E-state index is 12.3. The molecule has 0 bridgehead atoms. The Morgan fingerprint density at radius 3 is 1.25 bits per heavy atom. The second-order valence-electron chi connectivity index (χ2n) is 25.6. The van der Waals surface area contributed by atoms with Crippen LogP contribution in [0.15, 0.2) is 108 Å². The molecule has 6 aromatic rings. The van der Waals surface area contributed by atoms with Gasteiger partial charge in [0.2, 0.25) is 0 Å². The van der Waals surface area contributed by atoms with Crippen LogP contribution in [0.2, 0.25) is 0 Å². The van der Waals surface area contributed by atoms with Crippen LogP contribution in [0.4, 0.5) is 0 Å². The first-order valence-electron chi connectivity index (χ1n) is 33.8. The van der Waals surface area contributed by atoms with Gasteiger partial charge in [0, 0.05) is 108 Å². The highest BCUT2D eigenvalue weighted by Gasteiger charge is 2.24. The van der Waals surface area contributed by atoms with Crippen molar-refractivity contribution in [2.24, 2.45) is 75.6 Å². The number of carbonyl (C=O) groups is 10. The molecule has 0 radical (unpaired) electrons. The zero-order valence-corrected chi connectivity index (χ0v) is 64.0.